The van der Waals surface area contributed by atoms with E-state index in [-0.39, 0.29) is 19.0 Å². The third kappa shape index (κ3) is 5.84. The van der Waals surface area contributed by atoms with E-state index in [9.17, 15) is 14.4 Å². The topological polar surface area (TPSA) is 127 Å². The van der Waals surface area contributed by atoms with Crippen LogP contribution in [0.3, 0.4) is 0 Å². The first kappa shape index (κ1) is 24.8. The van der Waals surface area contributed by atoms with E-state index in [1.807, 2.05) is 12.1 Å². The molecular weight excluding hydrogens is 465 g/mol. The number of benzene rings is 2. The number of hydrogen-bond donors (Lipinski definition) is 3. The van der Waals surface area contributed by atoms with E-state index in [2.05, 4.69) is 15.6 Å². The van der Waals surface area contributed by atoms with Gasteiger partial charge < -0.3 is 15.8 Å². The van der Waals surface area contributed by atoms with E-state index in [4.69, 9.17) is 10.5 Å². The molecule has 1 aliphatic heterocycles. The first-order valence-electron chi connectivity index (χ1n) is 11.4. The van der Waals surface area contributed by atoms with Gasteiger partial charge in [-0.15, -0.1) is 0 Å². The van der Waals surface area contributed by atoms with Crippen LogP contribution in [0.15, 0.2) is 67.0 Å². The van der Waals surface area contributed by atoms with Gasteiger partial charge in [-0.2, -0.15) is 0 Å². The molecule has 0 spiro atoms. The molecule has 9 nitrogen and oxygen atoms in total. The maximum Gasteiger partial charge on any atom is 0.414 e. The van der Waals surface area contributed by atoms with Crippen molar-refractivity contribution in [1.82, 2.24) is 15.6 Å². The van der Waals surface area contributed by atoms with Crippen LogP contribution < -0.4 is 21.3 Å². The molecule has 1 fully saturated rings. The van der Waals surface area contributed by atoms with Gasteiger partial charge in [0.25, 0.3) is 0 Å². The Morgan fingerprint density at radius 1 is 1.17 bits per heavy atom. The number of nitrogens with two attached hydrogens (primary N) is 1. The number of nitrogens with zero attached hydrogens (tertiary/aromatic N) is 2. The van der Waals surface area contributed by atoms with Gasteiger partial charge >= 0.3 is 6.09 Å². The lowest BCUT2D eigenvalue weighted by molar-refractivity contribution is -0.120. The lowest BCUT2D eigenvalue weighted by Crippen LogP contribution is -2.33. The van der Waals surface area contributed by atoms with Gasteiger partial charge in [-0.05, 0) is 47.0 Å². The number of hydrogen-bond acceptors (Lipinski definition) is 6. The van der Waals surface area contributed by atoms with Crippen LogP contribution >= 0.6 is 0 Å². The summed E-state index contributed by atoms with van der Waals surface area (Å²) in [5.41, 5.74) is 8.52. The monoisotopic (exact) mass is 491 g/mol. The summed E-state index contributed by atoms with van der Waals surface area (Å²) >= 11 is 0. The average molecular weight is 492 g/mol. The smallest absolute Gasteiger partial charge is 0.414 e. The highest BCUT2D eigenvalue weighted by molar-refractivity contribution is 5.90. The second-order valence-electron chi connectivity index (χ2n) is 8.41. The minimum Gasteiger partial charge on any atom is -0.442 e. The number of ether oxygens (including phenoxy) is 1. The minimum absolute atomic E-state index is 0.189. The van der Waals surface area contributed by atoms with Crippen LogP contribution in [0, 0.1) is 5.82 Å². The van der Waals surface area contributed by atoms with Crippen molar-refractivity contribution in [3.05, 3.63) is 83.9 Å². The quantitative estimate of drug-likeness (QED) is 0.422. The number of anilines is 1. The van der Waals surface area contributed by atoms with E-state index < -0.39 is 30.0 Å². The van der Waals surface area contributed by atoms with Crippen molar-refractivity contribution in [2.24, 2.45) is 5.73 Å². The van der Waals surface area contributed by atoms with Crippen LogP contribution in [0.4, 0.5) is 14.9 Å². The summed E-state index contributed by atoms with van der Waals surface area (Å²) < 4.78 is 20.3. The third-order valence-corrected chi connectivity index (χ3v) is 5.82. The predicted molar refractivity (Wildman–Crippen MR) is 131 cm³/mol. The van der Waals surface area contributed by atoms with Crippen LogP contribution in [0.5, 0.6) is 0 Å². The molecule has 0 radical (unpaired) electrons. The van der Waals surface area contributed by atoms with Crippen LogP contribution in [0.25, 0.3) is 11.1 Å². The standard InChI is InChI=1S/C26H26FN5O4/c1-16(33)30-14-21-15-32(26(35)36-21)20-6-7-22(23(27)12-20)18-2-4-19(5-3-18)24(25(28)34)31-13-17-8-10-29-11-9-17/h2-12,21,24,31H,13-15H2,1H3,(H2,28,34)(H,30,33)/t21-,24+/m0/s1. The molecule has 4 N–H and O–H groups in total. The zero-order valence-corrected chi connectivity index (χ0v) is 19.6. The van der Waals surface area contributed by atoms with E-state index in [1.54, 1.807) is 48.8 Å². The number of rotatable bonds is 9. The SMILES string of the molecule is CC(=O)NC[C@H]1CN(c2ccc(-c3ccc([C@@H](NCc4ccncc4)C(N)=O)cc3)c(F)c2)C(=O)O1. The highest BCUT2D eigenvalue weighted by Crippen LogP contribution is 2.30. The molecule has 0 bridgehead atoms. The van der Waals surface area contributed by atoms with E-state index in [0.29, 0.717) is 28.9 Å². The summed E-state index contributed by atoms with van der Waals surface area (Å²) in [4.78, 5) is 40.6. The molecular formula is C26H26FN5O4. The summed E-state index contributed by atoms with van der Waals surface area (Å²) in [6, 6.07) is 14.3. The number of nitrogens with one attached hydrogen (secondary N) is 2. The summed E-state index contributed by atoms with van der Waals surface area (Å²) in [6.07, 6.45) is 2.23. The lowest BCUT2D eigenvalue weighted by atomic mass is 9.99. The van der Waals surface area contributed by atoms with Crippen molar-refractivity contribution in [3.63, 3.8) is 0 Å². The van der Waals surface area contributed by atoms with Crippen molar-refractivity contribution in [1.29, 1.82) is 0 Å². The molecule has 3 amide bonds. The zero-order chi connectivity index (χ0) is 25.7. The maximum atomic E-state index is 15.0. The number of carbonyl (C=O) groups is 3. The Balaban J connectivity index is 1.46. The summed E-state index contributed by atoms with van der Waals surface area (Å²) in [7, 11) is 0. The Labute approximate surface area is 207 Å². The number of amides is 3. The molecule has 36 heavy (non-hydrogen) atoms. The Hall–Kier alpha value is -4.31. The highest BCUT2D eigenvalue weighted by Gasteiger charge is 2.32. The predicted octanol–water partition coefficient (Wildman–Crippen LogP) is 2.67. The molecule has 4 rings (SSSR count). The average Bonchev–Trinajstić information content (AvgIpc) is 3.24. The van der Waals surface area contributed by atoms with Gasteiger partial charge in [-0.3, -0.25) is 24.8 Å². The molecule has 1 aromatic heterocycles. The van der Waals surface area contributed by atoms with Crippen LogP contribution in [0.1, 0.15) is 24.1 Å². The second-order valence-corrected chi connectivity index (χ2v) is 8.41. The van der Waals surface area contributed by atoms with Gasteiger partial charge in [0.15, 0.2) is 0 Å². The number of pyridine rings is 1. The van der Waals surface area contributed by atoms with Crippen molar-refractivity contribution >= 4 is 23.6 Å². The van der Waals surface area contributed by atoms with Gasteiger partial charge in [-0.25, -0.2) is 9.18 Å². The van der Waals surface area contributed by atoms with E-state index in [0.717, 1.165) is 5.56 Å². The number of halogens is 1. The number of carbonyl (C=O) groups excluding carboxylic acids is 3. The molecule has 0 aliphatic carbocycles. The Kier molecular flexibility index (Phi) is 7.55. The van der Waals surface area contributed by atoms with Gasteiger partial charge in [0, 0.05) is 31.4 Å². The molecule has 2 aromatic carbocycles. The fraction of sp³-hybridized carbons (Fsp3) is 0.231. The fourth-order valence-electron chi connectivity index (χ4n) is 3.96. The molecule has 10 heteroatoms. The first-order chi connectivity index (χ1) is 17.3. The molecule has 0 saturated carbocycles. The van der Waals surface area contributed by atoms with E-state index in [1.165, 1.54) is 17.9 Å². The number of primary amides is 1. The maximum absolute atomic E-state index is 15.0. The van der Waals surface area contributed by atoms with Crippen LogP contribution in [-0.2, 0) is 20.9 Å². The van der Waals surface area contributed by atoms with Crippen molar-refractivity contribution < 1.29 is 23.5 Å². The number of aromatic nitrogens is 1. The summed E-state index contributed by atoms with van der Waals surface area (Å²) in [5.74, 6) is -1.26. The molecule has 2 atom stereocenters. The van der Waals surface area contributed by atoms with Gasteiger partial charge in [0.05, 0.1) is 18.8 Å². The van der Waals surface area contributed by atoms with Crippen molar-refractivity contribution in [2.45, 2.75) is 25.6 Å². The van der Waals surface area contributed by atoms with Crippen LogP contribution in [0.2, 0.25) is 0 Å². The molecule has 1 aliphatic rings. The minimum atomic E-state index is -0.717. The Bertz CT molecular complexity index is 1250. The van der Waals surface area contributed by atoms with Crippen molar-refractivity contribution in [2.75, 3.05) is 18.0 Å². The van der Waals surface area contributed by atoms with Crippen LogP contribution in [-0.4, -0.2) is 42.1 Å². The molecule has 186 valence electrons. The molecule has 3 aromatic rings. The van der Waals surface area contributed by atoms with Gasteiger partial charge in [-0.1, -0.05) is 24.3 Å². The third-order valence-electron chi connectivity index (χ3n) is 5.82. The molecule has 1 saturated heterocycles. The van der Waals surface area contributed by atoms with E-state index >= 15 is 4.39 Å². The fourth-order valence-corrected chi connectivity index (χ4v) is 3.96. The lowest BCUT2D eigenvalue weighted by Gasteiger charge is -2.17. The Morgan fingerprint density at radius 2 is 1.89 bits per heavy atom. The zero-order valence-electron chi connectivity index (χ0n) is 19.6. The van der Waals surface area contributed by atoms with Gasteiger partial charge in [0.2, 0.25) is 11.8 Å². The summed E-state index contributed by atoms with van der Waals surface area (Å²) in [5, 5.41) is 5.74. The van der Waals surface area contributed by atoms with Crippen molar-refractivity contribution in [3.8, 4) is 11.1 Å². The molecule has 0 unspecified atom stereocenters. The second kappa shape index (κ2) is 11.0. The largest absolute Gasteiger partial charge is 0.442 e. The summed E-state index contributed by atoms with van der Waals surface area (Å²) in [6.45, 7) is 2.20. The highest BCUT2D eigenvalue weighted by atomic mass is 19.1. The normalized spacial score (nSPS) is 15.9. The molecule has 2 heterocycles. The van der Waals surface area contributed by atoms with Gasteiger partial charge in [0.1, 0.15) is 18.0 Å². The number of cyclic esters (lactones) is 1. The Morgan fingerprint density at radius 3 is 2.53 bits per heavy atom. The first-order valence-corrected chi connectivity index (χ1v) is 11.4.